The van der Waals surface area contributed by atoms with Crippen LogP contribution in [0.3, 0.4) is 0 Å². The largest absolute Gasteiger partial charge is 0.378 e. The molecule has 3 unspecified atom stereocenters. The molecule has 2 aliphatic rings. The zero-order valence-electron chi connectivity index (χ0n) is 11.8. The van der Waals surface area contributed by atoms with Crippen LogP contribution in [0, 0.1) is 5.92 Å². The van der Waals surface area contributed by atoms with Crippen LogP contribution in [0.25, 0.3) is 0 Å². The highest BCUT2D eigenvalue weighted by Gasteiger charge is 2.47. The van der Waals surface area contributed by atoms with E-state index < -0.39 is 0 Å². The number of piperazine rings is 1. The third kappa shape index (κ3) is 2.69. The first-order chi connectivity index (χ1) is 9.81. The van der Waals surface area contributed by atoms with Crippen LogP contribution in [0.4, 0.5) is 0 Å². The van der Waals surface area contributed by atoms with E-state index in [1.54, 1.807) is 6.20 Å². The predicted octanol–water partition coefficient (Wildman–Crippen LogP) is 0.979. The highest BCUT2D eigenvalue weighted by molar-refractivity contribution is 5.82. The van der Waals surface area contributed by atoms with E-state index in [1.807, 2.05) is 30.2 Å². The molecule has 1 N–H and O–H groups in total. The van der Waals surface area contributed by atoms with Gasteiger partial charge >= 0.3 is 0 Å². The summed E-state index contributed by atoms with van der Waals surface area (Å²) < 4.78 is 5.54. The van der Waals surface area contributed by atoms with E-state index in [0.29, 0.717) is 6.61 Å². The number of rotatable bonds is 4. The number of hydrogen-bond donors (Lipinski definition) is 1. The molecule has 0 aromatic carbocycles. The third-order valence-electron chi connectivity index (χ3n) is 4.03. The van der Waals surface area contributed by atoms with Crippen LogP contribution < -0.4 is 5.32 Å². The van der Waals surface area contributed by atoms with Gasteiger partial charge in [0.25, 0.3) is 0 Å². The molecule has 3 atom stereocenters. The first-order valence-corrected chi connectivity index (χ1v) is 7.34. The van der Waals surface area contributed by atoms with Gasteiger partial charge < -0.3 is 15.0 Å². The van der Waals surface area contributed by atoms with Crippen molar-refractivity contribution in [2.24, 2.45) is 5.92 Å². The van der Waals surface area contributed by atoms with Crippen LogP contribution in [-0.2, 0) is 9.53 Å². The maximum absolute atomic E-state index is 12.6. The molecule has 5 nitrogen and oxygen atoms in total. The van der Waals surface area contributed by atoms with Gasteiger partial charge in [0.05, 0.1) is 18.1 Å². The SMILES string of the molecule is CCOC1CC1C(=O)N1CCNCC1c1cccnc1. The van der Waals surface area contributed by atoms with Crippen LogP contribution in [0.2, 0.25) is 0 Å². The lowest BCUT2D eigenvalue weighted by Crippen LogP contribution is -2.49. The number of nitrogens with one attached hydrogen (secondary N) is 1. The van der Waals surface area contributed by atoms with Crippen molar-refractivity contribution in [2.75, 3.05) is 26.2 Å². The Morgan fingerprint density at radius 2 is 2.50 bits per heavy atom. The molecule has 1 aromatic heterocycles. The van der Waals surface area contributed by atoms with Crippen molar-refractivity contribution in [1.82, 2.24) is 15.2 Å². The minimum atomic E-state index is 0.0622. The molecule has 2 fully saturated rings. The molecule has 1 amide bonds. The van der Waals surface area contributed by atoms with Gasteiger partial charge in [-0.15, -0.1) is 0 Å². The monoisotopic (exact) mass is 275 g/mol. The first kappa shape index (κ1) is 13.5. The van der Waals surface area contributed by atoms with Crippen LogP contribution in [0.15, 0.2) is 24.5 Å². The molecular formula is C15H21N3O2. The maximum Gasteiger partial charge on any atom is 0.229 e. The molecule has 3 rings (SSSR count). The molecule has 20 heavy (non-hydrogen) atoms. The summed E-state index contributed by atoms with van der Waals surface area (Å²) in [6, 6.07) is 4.05. The number of hydrogen-bond acceptors (Lipinski definition) is 4. The van der Waals surface area contributed by atoms with Gasteiger partial charge in [0, 0.05) is 38.6 Å². The van der Waals surface area contributed by atoms with Crippen molar-refractivity contribution in [3.05, 3.63) is 30.1 Å². The molecule has 108 valence electrons. The number of carbonyl (C=O) groups is 1. The van der Waals surface area contributed by atoms with Crippen molar-refractivity contribution in [3.63, 3.8) is 0 Å². The van der Waals surface area contributed by atoms with Gasteiger partial charge in [0.1, 0.15) is 0 Å². The summed E-state index contributed by atoms with van der Waals surface area (Å²) in [5.74, 6) is 0.297. The fourth-order valence-corrected chi connectivity index (χ4v) is 2.88. The highest BCUT2D eigenvalue weighted by Crippen LogP contribution is 2.37. The Bertz CT molecular complexity index is 465. The van der Waals surface area contributed by atoms with Gasteiger partial charge in [-0.1, -0.05) is 6.07 Å². The number of nitrogens with zero attached hydrogens (tertiary/aromatic N) is 2. The van der Waals surface area contributed by atoms with Crippen LogP contribution in [0.1, 0.15) is 24.9 Å². The summed E-state index contributed by atoms with van der Waals surface area (Å²) in [5.41, 5.74) is 1.10. The summed E-state index contributed by atoms with van der Waals surface area (Å²) in [7, 11) is 0. The summed E-state index contributed by atoms with van der Waals surface area (Å²) in [6.07, 6.45) is 4.62. The Hall–Kier alpha value is -1.46. The average Bonchev–Trinajstić information content (AvgIpc) is 3.27. The topological polar surface area (TPSA) is 54.5 Å². The van der Waals surface area contributed by atoms with Crippen LogP contribution in [-0.4, -0.2) is 48.1 Å². The van der Waals surface area contributed by atoms with E-state index in [9.17, 15) is 4.79 Å². The van der Waals surface area contributed by atoms with E-state index in [-0.39, 0.29) is 24.0 Å². The van der Waals surface area contributed by atoms with Gasteiger partial charge in [-0.2, -0.15) is 0 Å². The number of carbonyl (C=O) groups excluding carboxylic acids is 1. The maximum atomic E-state index is 12.6. The van der Waals surface area contributed by atoms with E-state index in [4.69, 9.17) is 4.74 Å². The lowest BCUT2D eigenvalue weighted by molar-refractivity contribution is -0.137. The second kappa shape index (κ2) is 5.89. The van der Waals surface area contributed by atoms with Crippen LogP contribution >= 0.6 is 0 Å². The van der Waals surface area contributed by atoms with E-state index >= 15 is 0 Å². The summed E-state index contributed by atoms with van der Waals surface area (Å²) in [4.78, 5) is 18.8. The highest BCUT2D eigenvalue weighted by atomic mass is 16.5. The zero-order valence-corrected chi connectivity index (χ0v) is 11.8. The number of pyridine rings is 1. The molecular weight excluding hydrogens is 254 g/mol. The smallest absolute Gasteiger partial charge is 0.229 e. The number of aromatic nitrogens is 1. The predicted molar refractivity (Wildman–Crippen MR) is 75.1 cm³/mol. The normalized spacial score (nSPS) is 29.2. The minimum absolute atomic E-state index is 0.0622. The second-order valence-electron chi connectivity index (χ2n) is 5.37. The molecule has 1 aliphatic carbocycles. The molecule has 0 radical (unpaired) electrons. The lowest BCUT2D eigenvalue weighted by Gasteiger charge is -2.36. The summed E-state index contributed by atoms with van der Waals surface area (Å²) >= 11 is 0. The Morgan fingerprint density at radius 3 is 3.25 bits per heavy atom. The fraction of sp³-hybridized carbons (Fsp3) is 0.600. The molecule has 1 saturated heterocycles. The molecule has 0 bridgehead atoms. The number of amides is 1. The molecule has 1 saturated carbocycles. The zero-order chi connectivity index (χ0) is 13.9. The van der Waals surface area contributed by atoms with Crippen molar-refractivity contribution in [3.8, 4) is 0 Å². The van der Waals surface area contributed by atoms with Crippen molar-refractivity contribution in [2.45, 2.75) is 25.5 Å². The lowest BCUT2D eigenvalue weighted by atomic mass is 10.0. The Balaban J connectivity index is 1.71. The van der Waals surface area contributed by atoms with Gasteiger partial charge in [-0.05, 0) is 25.0 Å². The Kier molecular flexibility index (Phi) is 3.98. The van der Waals surface area contributed by atoms with Gasteiger partial charge in [-0.25, -0.2) is 0 Å². The van der Waals surface area contributed by atoms with Crippen molar-refractivity contribution >= 4 is 5.91 Å². The van der Waals surface area contributed by atoms with Gasteiger partial charge in [-0.3, -0.25) is 9.78 Å². The van der Waals surface area contributed by atoms with Gasteiger partial charge in [0.2, 0.25) is 5.91 Å². The second-order valence-corrected chi connectivity index (χ2v) is 5.37. The third-order valence-corrected chi connectivity index (χ3v) is 4.03. The van der Waals surface area contributed by atoms with Crippen molar-refractivity contribution < 1.29 is 9.53 Å². The Morgan fingerprint density at radius 1 is 1.60 bits per heavy atom. The van der Waals surface area contributed by atoms with Crippen molar-refractivity contribution in [1.29, 1.82) is 0 Å². The molecule has 0 spiro atoms. The molecule has 2 heterocycles. The van der Waals surface area contributed by atoms with Crippen LogP contribution in [0.5, 0.6) is 0 Å². The van der Waals surface area contributed by atoms with E-state index in [0.717, 1.165) is 31.6 Å². The van der Waals surface area contributed by atoms with E-state index in [2.05, 4.69) is 10.3 Å². The first-order valence-electron chi connectivity index (χ1n) is 7.34. The van der Waals surface area contributed by atoms with Gasteiger partial charge in [0.15, 0.2) is 0 Å². The fourth-order valence-electron chi connectivity index (χ4n) is 2.88. The summed E-state index contributed by atoms with van der Waals surface area (Å²) in [5, 5.41) is 3.36. The Labute approximate surface area is 119 Å². The quantitative estimate of drug-likeness (QED) is 0.890. The standard InChI is InChI=1S/C15H21N3O2/c1-2-20-14-8-12(14)15(19)18-7-6-17-10-13(18)11-4-3-5-16-9-11/h3-5,9,12-14,17H,2,6-8,10H2,1H3. The molecule has 1 aromatic rings. The molecule has 1 aliphatic heterocycles. The summed E-state index contributed by atoms with van der Waals surface area (Å²) in [6.45, 7) is 5.07. The molecule has 5 heteroatoms. The minimum Gasteiger partial charge on any atom is -0.378 e. The average molecular weight is 275 g/mol. The van der Waals surface area contributed by atoms with E-state index in [1.165, 1.54) is 0 Å². The number of ether oxygens (including phenoxy) is 1.